The second-order valence-corrected chi connectivity index (χ2v) is 5.38. The predicted molar refractivity (Wildman–Crippen MR) is 90.1 cm³/mol. The van der Waals surface area contributed by atoms with E-state index < -0.39 is 0 Å². The first-order valence-electron chi connectivity index (χ1n) is 7.86. The Bertz CT molecular complexity index is 501. The molecule has 0 aliphatic heterocycles. The zero-order chi connectivity index (χ0) is 15.1. The summed E-state index contributed by atoms with van der Waals surface area (Å²) < 4.78 is 5.37. The van der Waals surface area contributed by atoms with Crippen LogP contribution in [0.5, 0.6) is 0 Å². The minimum Gasteiger partial charge on any atom is -0.469 e. The van der Waals surface area contributed by atoms with Crippen molar-refractivity contribution in [2.45, 2.75) is 39.7 Å². The molecule has 1 aromatic heterocycles. The van der Waals surface area contributed by atoms with Gasteiger partial charge in [0.15, 0.2) is 0 Å². The van der Waals surface area contributed by atoms with Crippen LogP contribution in [-0.4, -0.2) is 19.1 Å². The van der Waals surface area contributed by atoms with Crippen molar-refractivity contribution in [2.24, 2.45) is 0 Å². The van der Waals surface area contributed by atoms with Gasteiger partial charge < -0.3 is 14.6 Å². The van der Waals surface area contributed by atoms with Crippen LogP contribution in [0.25, 0.3) is 0 Å². The molecule has 2 rings (SSSR count). The van der Waals surface area contributed by atoms with Crippen LogP contribution >= 0.6 is 0 Å². The van der Waals surface area contributed by atoms with E-state index in [0.29, 0.717) is 6.04 Å². The van der Waals surface area contributed by atoms with Crippen LogP contribution in [0.3, 0.4) is 0 Å². The summed E-state index contributed by atoms with van der Waals surface area (Å²) in [6, 6.07) is 13.1. The standard InChI is InChI=1S/C18H26N2O/c1-4-20(5-2)17-11-9-16(10-12-17)19-15(3)8-13-18-7-6-14-21-18/h6-7,9-12,14-15,19H,4-5,8,13H2,1-3H3. The Morgan fingerprint density at radius 2 is 1.81 bits per heavy atom. The molecule has 1 N–H and O–H groups in total. The molecule has 0 bridgehead atoms. The van der Waals surface area contributed by atoms with E-state index in [-0.39, 0.29) is 0 Å². The Labute approximate surface area is 128 Å². The lowest BCUT2D eigenvalue weighted by Crippen LogP contribution is -2.21. The molecule has 0 aliphatic carbocycles. The van der Waals surface area contributed by atoms with Crippen LogP contribution in [0.4, 0.5) is 11.4 Å². The average Bonchev–Trinajstić information content (AvgIpc) is 3.01. The second kappa shape index (κ2) is 7.77. The Morgan fingerprint density at radius 1 is 1.10 bits per heavy atom. The van der Waals surface area contributed by atoms with Crippen molar-refractivity contribution in [1.29, 1.82) is 0 Å². The van der Waals surface area contributed by atoms with Crippen molar-refractivity contribution in [3.63, 3.8) is 0 Å². The number of hydrogen-bond acceptors (Lipinski definition) is 3. The Balaban J connectivity index is 1.84. The lowest BCUT2D eigenvalue weighted by molar-refractivity contribution is 0.495. The van der Waals surface area contributed by atoms with Crippen LogP contribution in [0, 0.1) is 0 Å². The molecule has 2 aromatic rings. The SMILES string of the molecule is CCN(CC)c1ccc(NC(C)CCc2ccco2)cc1. The van der Waals surface area contributed by atoms with Gasteiger partial charge in [0.25, 0.3) is 0 Å². The number of aryl methyl sites for hydroxylation is 1. The van der Waals surface area contributed by atoms with Crippen molar-refractivity contribution in [1.82, 2.24) is 0 Å². The van der Waals surface area contributed by atoms with Crippen molar-refractivity contribution in [3.05, 3.63) is 48.4 Å². The van der Waals surface area contributed by atoms with Gasteiger partial charge in [-0.25, -0.2) is 0 Å². The fourth-order valence-electron chi connectivity index (χ4n) is 2.53. The van der Waals surface area contributed by atoms with Gasteiger partial charge >= 0.3 is 0 Å². The summed E-state index contributed by atoms with van der Waals surface area (Å²) in [5.74, 6) is 1.06. The van der Waals surface area contributed by atoms with Crippen molar-refractivity contribution >= 4 is 11.4 Å². The van der Waals surface area contributed by atoms with Gasteiger partial charge in [-0.15, -0.1) is 0 Å². The van der Waals surface area contributed by atoms with E-state index in [4.69, 9.17) is 4.42 Å². The minimum atomic E-state index is 0.425. The first kappa shape index (κ1) is 15.5. The number of rotatable bonds is 8. The van der Waals surface area contributed by atoms with E-state index in [1.807, 2.05) is 12.1 Å². The molecular weight excluding hydrogens is 260 g/mol. The van der Waals surface area contributed by atoms with Gasteiger partial charge in [0.2, 0.25) is 0 Å². The molecule has 0 amide bonds. The zero-order valence-corrected chi connectivity index (χ0v) is 13.3. The second-order valence-electron chi connectivity index (χ2n) is 5.38. The Kier molecular flexibility index (Phi) is 5.73. The Hall–Kier alpha value is -1.90. The summed E-state index contributed by atoms with van der Waals surface area (Å²) in [4.78, 5) is 2.35. The number of nitrogens with zero attached hydrogens (tertiary/aromatic N) is 1. The van der Waals surface area contributed by atoms with Crippen LogP contribution < -0.4 is 10.2 Å². The normalized spacial score (nSPS) is 12.1. The predicted octanol–water partition coefficient (Wildman–Crippen LogP) is 4.56. The monoisotopic (exact) mass is 286 g/mol. The van der Waals surface area contributed by atoms with Crippen LogP contribution in [0.1, 0.15) is 33.0 Å². The number of anilines is 2. The van der Waals surface area contributed by atoms with E-state index >= 15 is 0 Å². The van der Waals surface area contributed by atoms with E-state index in [9.17, 15) is 0 Å². The molecule has 0 radical (unpaired) electrons. The summed E-state index contributed by atoms with van der Waals surface area (Å²) in [5.41, 5.74) is 2.46. The van der Waals surface area contributed by atoms with Crippen molar-refractivity contribution in [2.75, 3.05) is 23.3 Å². The van der Waals surface area contributed by atoms with E-state index in [0.717, 1.165) is 31.7 Å². The van der Waals surface area contributed by atoms with Gasteiger partial charge in [-0.1, -0.05) is 0 Å². The molecule has 1 unspecified atom stereocenters. The smallest absolute Gasteiger partial charge is 0.103 e. The average molecular weight is 286 g/mol. The molecular formula is C18H26N2O. The van der Waals surface area contributed by atoms with Gasteiger partial charge in [-0.3, -0.25) is 0 Å². The lowest BCUT2D eigenvalue weighted by atomic mass is 10.1. The quantitative estimate of drug-likeness (QED) is 0.771. The zero-order valence-electron chi connectivity index (χ0n) is 13.3. The third kappa shape index (κ3) is 4.55. The maximum absolute atomic E-state index is 5.37. The molecule has 0 saturated heterocycles. The van der Waals surface area contributed by atoms with Crippen LogP contribution in [-0.2, 0) is 6.42 Å². The highest BCUT2D eigenvalue weighted by Gasteiger charge is 2.05. The fourth-order valence-corrected chi connectivity index (χ4v) is 2.53. The molecule has 0 spiro atoms. The number of nitrogens with one attached hydrogen (secondary N) is 1. The van der Waals surface area contributed by atoms with Crippen molar-refractivity contribution < 1.29 is 4.42 Å². The van der Waals surface area contributed by atoms with Gasteiger partial charge in [0.05, 0.1) is 6.26 Å². The lowest BCUT2D eigenvalue weighted by Gasteiger charge is -2.22. The number of furan rings is 1. The van der Waals surface area contributed by atoms with Crippen LogP contribution in [0.2, 0.25) is 0 Å². The highest BCUT2D eigenvalue weighted by molar-refractivity contribution is 5.55. The largest absolute Gasteiger partial charge is 0.469 e. The fraction of sp³-hybridized carbons (Fsp3) is 0.444. The Morgan fingerprint density at radius 3 is 2.38 bits per heavy atom. The topological polar surface area (TPSA) is 28.4 Å². The molecule has 0 fully saturated rings. The summed E-state index contributed by atoms with van der Waals surface area (Å²) >= 11 is 0. The summed E-state index contributed by atoms with van der Waals surface area (Å²) in [7, 11) is 0. The molecule has 114 valence electrons. The van der Waals surface area contributed by atoms with E-state index in [2.05, 4.69) is 55.3 Å². The summed E-state index contributed by atoms with van der Waals surface area (Å²) in [6.07, 6.45) is 3.77. The molecule has 3 nitrogen and oxygen atoms in total. The van der Waals surface area contributed by atoms with Crippen molar-refractivity contribution in [3.8, 4) is 0 Å². The van der Waals surface area contributed by atoms with E-state index in [1.54, 1.807) is 6.26 Å². The highest BCUT2D eigenvalue weighted by atomic mass is 16.3. The molecule has 1 heterocycles. The van der Waals surface area contributed by atoms with Gasteiger partial charge in [-0.05, 0) is 63.6 Å². The van der Waals surface area contributed by atoms with Gasteiger partial charge in [0.1, 0.15) is 5.76 Å². The summed E-state index contributed by atoms with van der Waals surface area (Å²) in [5, 5.41) is 3.55. The van der Waals surface area contributed by atoms with Gasteiger partial charge in [0, 0.05) is 36.9 Å². The van der Waals surface area contributed by atoms with Crippen LogP contribution in [0.15, 0.2) is 47.1 Å². The van der Waals surface area contributed by atoms with E-state index in [1.165, 1.54) is 11.4 Å². The minimum absolute atomic E-state index is 0.425. The summed E-state index contributed by atoms with van der Waals surface area (Å²) in [6.45, 7) is 8.67. The molecule has 0 saturated carbocycles. The highest BCUT2D eigenvalue weighted by Crippen LogP contribution is 2.19. The molecule has 3 heteroatoms. The maximum atomic E-state index is 5.37. The first-order chi connectivity index (χ1) is 10.2. The maximum Gasteiger partial charge on any atom is 0.103 e. The first-order valence-corrected chi connectivity index (χ1v) is 7.86. The number of hydrogen-bond donors (Lipinski definition) is 1. The third-order valence-electron chi connectivity index (χ3n) is 3.81. The molecule has 0 aliphatic rings. The molecule has 1 aromatic carbocycles. The van der Waals surface area contributed by atoms with Gasteiger partial charge in [-0.2, -0.15) is 0 Å². The molecule has 21 heavy (non-hydrogen) atoms. The number of benzene rings is 1. The molecule has 1 atom stereocenters. The third-order valence-corrected chi connectivity index (χ3v) is 3.81.